The van der Waals surface area contributed by atoms with Gasteiger partial charge in [-0.2, -0.15) is 0 Å². The molecule has 7 nitrogen and oxygen atoms in total. The first-order valence-electron chi connectivity index (χ1n) is 11.8. The van der Waals surface area contributed by atoms with E-state index in [-0.39, 0.29) is 18.3 Å². The zero-order valence-electron chi connectivity index (χ0n) is 22.7. The molecule has 0 radical (unpaired) electrons. The number of halogens is 2. The Morgan fingerprint density at radius 1 is 1.25 bits per heavy atom. The van der Waals surface area contributed by atoms with Crippen LogP contribution in [-0.2, 0) is 24.5 Å². The number of thioether (sulfide) groups is 1. The highest BCUT2D eigenvalue weighted by Crippen LogP contribution is 2.48. The van der Waals surface area contributed by atoms with Gasteiger partial charge in [-0.3, -0.25) is 9.79 Å². The molecule has 36 heavy (non-hydrogen) atoms. The first kappa shape index (κ1) is 30.8. The van der Waals surface area contributed by atoms with Crippen molar-refractivity contribution in [2.45, 2.75) is 82.6 Å². The maximum atomic E-state index is 15.1. The van der Waals surface area contributed by atoms with E-state index < -0.39 is 41.8 Å². The van der Waals surface area contributed by atoms with Gasteiger partial charge in [-0.1, -0.05) is 47.3 Å². The quantitative estimate of drug-likeness (QED) is 0.148. The van der Waals surface area contributed by atoms with E-state index in [9.17, 15) is 9.59 Å². The van der Waals surface area contributed by atoms with Crippen LogP contribution in [0.25, 0.3) is 0 Å². The predicted octanol–water partition coefficient (Wildman–Crippen LogP) is 6.78. The van der Waals surface area contributed by atoms with Crippen LogP contribution in [0.15, 0.2) is 27.7 Å². The predicted molar refractivity (Wildman–Crippen MR) is 149 cm³/mol. The van der Waals surface area contributed by atoms with Gasteiger partial charge in [0.25, 0.3) is 0 Å². The van der Waals surface area contributed by atoms with Gasteiger partial charge in [0.2, 0.25) is 0 Å². The molecule has 2 rings (SSSR count). The lowest BCUT2D eigenvalue weighted by Crippen LogP contribution is -2.50. The fourth-order valence-corrected chi connectivity index (χ4v) is 6.24. The number of hydrogen-bond donors (Lipinski definition) is 0. The van der Waals surface area contributed by atoms with Crippen molar-refractivity contribution in [2.75, 3.05) is 20.4 Å². The van der Waals surface area contributed by atoms with Crippen molar-refractivity contribution in [3.8, 4) is 0 Å². The van der Waals surface area contributed by atoms with E-state index in [0.717, 1.165) is 17.8 Å². The molecule has 1 aromatic carbocycles. The standard InChI is InChI=1S/C25H38BrFN2O5SSi/c1-23(2,3)34-22(31)29(16-33-12-13-36(7,8)9)21-28-24(4,15-25(5,35-21)20(30)32-6)18-14-17(26)10-11-19(18)27/h10-11,14H,12-13,15-16H2,1-9H3/t24-,25?/m0/s1. The van der Waals surface area contributed by atoms with E-state index in [1.54, 1.807) is 46.8 Å². The fourth-order valence-electron chi connectivity index (χ4n) is 3.72. The van der Waals surface area contributed by atoms with Crippen molar-refractivity contribution in [3.05, 3.63) is 34.1 Å². The number of nitrogens with zero attached hydrogens (tertiary/aromatic N) is 2. The number of carbonyl (C=O) groups excluding carboxylic acids is 2. The second-order valence-corrected chi connectivity index (χ2v) is 19.6. The van der Waals surface area contributed by atoms with Crippen molar-refractivity contribution in [3.63, 3.8) is 0 Å². The molecule has 1 aliphatic heterocycles. The summed E-state index contributed by atoms with van der Waals surface area (Å²) in [5.74, 6) is -0.955. The summed E-state index contributed by atoms with van der Waals surface area (Å²) in [5.41, 5.74) is -1.64. The van der Waals surface area contributed by atoms with Crippen LogP contribution in [-0.4, -0.2) is 61.0 Å². The molecule has 1 amide bonds. The molecule has 1 aromatic rings. The lowest BCUT2D eigenvalue weighted by molar-refractivity contribution is -0.143. The van der Waals surface area contributed by atoms with Crippen LogP contribution in [0.4, 0.5) is 9.18 Å². The number of benzene rings is 1. The molecule has 11 heteroatoms. The SMILES string of the molecule is COC(=O)C1(C)C[C@@](C)(c2cc(Br)ccc2F)N=C(N(COCC[Si](C)(C)C)C(=O)OC(C)(C)C)S1. The van der Waals surface area contributed by atoms with Crippen molar-refractivity contribution in [1.29, 1.82) is 0 Å². The minimum atomic E-state index is -1.36. The molecule has 202 valence electrons. The lowest BCUT2D eigenvalue weighted by Gasteiger charge is -2.42. The number of carbonyl (C=O) groups is 2. The lowest BCUT2D eigenvalue weighted by atomic mass is 9.83. The van der Waals surface area contributed by atoms with E-state index in [2.05, 4.69) is 35.6 Å². The number of amides is 1. The summed E-state index contributed by atoms with van der Waals surface area (Å²) in [6.45, 7) is 15.8. The molecule has 0 bridgehead atoms. The Hall–Kier alpha value is -1.43. The normalized spacial score (nSPS) is 22.6. The highest BCUT2D eigenvalue weighted by Gasteiger charge is 2.50. The molecule has 0 saturated carbocycles. The molecule has 0 aromatic heterocycles. The van der Waals surface area contributed by atoms with Gasteiger partial charge in [-0.15, -0.1) is 0 Å². The third kappa shape index (κ3) is 8.29. The minimum absolute atomic E-state index is 0.112. The maximum absolute atomic E-state index is 15.1. The van der Waals surface area contributed by atoms with Gasteiger partial charge in [0.15, 0.2) is 5.17 Å². The molecular weight excluding hydrogens is 567 g/mol. The Bertz CT molecular complexity index is 1010. The Balaban J connectivity index is 2.58. The van der Waals surface area contributed by atoms with Crippen LogP contribution in [0.3, 0.4) is 0 Å². The number of aliphatic imine (C=N–C) groups is 1. The monoisotopic (exact) mass is 604 g/mol. The molecule has 0 spiro atoms. The molecule has 1 aliphatic rings. The smallest absolute Gasteiger partial charge is 0.418 e. The van der Waals surface area contributed by atoms with Gasteiger partial charge in [0, 0.05) is 31.1 Å². The van der Waals surface area contributed by atoms with Crippen LogP contribution < -0.4 is 0 Å². The summed E-state index contributed by atoms with van der Waals surface area (Å²) in [6, 6.07) is 5.51. The van der Waals surface area contributed by atoms with Gasteiger partial charge in [-0.25, -0.2) is 14.1 Å². The van der Waals surface area contributed by atoms with Crippen LogP contribution in [0.2, 0.25) is 25.7 Å². The average molecular weight is 606 g/mol. The zero-order chi connectivity index (χ0) is 27.5. The zero-order valence-corrected chi connectivity index (χ0v) is 26.1. The Morgan fingerprint density at radius 2 is 1.89 bits per heavy atom. The van der Waals surface area contributed by atoms with Crippen LogP contribution in [0.5, 0.6) is 0 Å². The number of ether oxygens (including phenoxy) is 3. The average Bonchev–Trinajstić information content (AvgIpc) is 2.71. The van der Waals surface area contributed by atoms with Crippen molar-refractivity contribution >= 4 is 53.0 Å². The number of amidine groups is 1. The molecule has 0 fully saturated rings. The fraction of sp³-hybridized carbons (Fsp3) is 0.640. The molecule has 0 saturated heterocycles. The highest BCUT2D eigenvalue weighted by molar-refractivity contribution is 9.10. The number of esters is 1. The maximum Gasteiger partial charge on any atom is 0.418 e. The summed E-state index contributed by atoms with van der Waals surface area (Å²) >= 11 is 4.50. The highest BCUT2D eigenvalue weighted by atomic mass is 79.9. The Labute approximate surface area is 227 Å². The Morgan fingerprint density at radius 3 is 2.44 bits per heavy atom. The summed E-state index contributed by atoms with van der Waals surface area (Å²) in [7, 11) is -0.0510. The molecule has 2 atom stereocenters. The topological polar surface area (TPSA) is 77.4 Å². The number of rotatable bonds is 7. The van der Waals surface area contributed by atoms with Gasteiger partial charge in [0.1, 0.15) is 22.9 Å². The van der Waals surface area contributed by atoms with Crippen LogP contribution >= 0.6 is 27.7 Å². The first-order valence-corrected chi connectivity index (χ1v) is 17.1. The Kier molecular flexibility index (Phi) is 9.86. The third-order valence-electron chi connectivity index (χ3n) is 5.53. The third-order valence-corrected chi connectivity index (χ3v) is 8.98. The second kappa shape index (κ2) is 11.5. The summed E-state index contributed by atoms with van der Waals surface area (Å²) in [5, 5.41) is 0.207. The van der Waals surface area contributed by atoms with Crippen LogP contribution in [0, 0.1) is 5.82 Å². The van der Waals surface area contributed by atoms with Gasteiger partial charge in [-0.05, 0) is 58.9 Å². The molecular formula is C25H38BrFN2O5SSi. The van der Waals surface area contributed by atoms with E-state index in [1.807, 2.05) is 0 Å². The number of methoxy groups -OCH3 is 1. The summed E-state index contributed by atoms with van der Waals surface area (Å²) in [6.07, 6.45) is -0.500. The van der Waals surface area contributed by atoms with Gasteiger partial charge < -0.3 is 14.2 Å². The van der Waals surface area contributed by atoms with Gasteiger partial charge >= 0.3 is 12.1 Å². The molecule has 1 heterocycles. The summed E-state index contributed by atoms with van der Waals surface area (Å²) in [4.78, 5) is 32.4. The van der Waals surface area contributed by atoms with Crippen molar-refractivity contribution < 1.29 is 28.2 Å². The van der Waals surface area contributed by atoms with E-state index in [0.29, 0.717) is 16.6 Å². The molecule has 0 aliphatic carbocycles. The second-order valence-electron chi connectivity index (χ2n) is 11.6. The first-order chi connectivity index (χ1) is 16.4. The summed E-state index contributed by atoms with van der Waals surface area (Å²) < 4.78 is 31.2. The van der Waals surface area contributed by atoms with Crippen molar-refractivity contribution in [2.24, 2.45) is 4.99 Å². The van der Waals surface area contributed by atoms with E-state index in [1.165, 1.54) is 18.1 Å². The molecule has 1 unspecified atom stereocenters. The van der Waals surface area contributed by atoms with E-state index >= 15 is 4.39 Å². The van der Waals surface area contributed by atoms with Crippen molar-refractivity contribution in [1.82, 2.24) is 4.90 Å². The molecule has 0 N–H and O–H groups in total. The number of hydrogen-bond acceptors (Lipinski definition) is 7. The van der Waals surface area contributed by atoms with E-state index in [4.69, 9.17) is 19.2 Å². The largest absolute Gasteiger partial charge is 0.468 e. The van der Waals surface area contributed by atoms with Gasteiger partial charge in [0.05, 0.1) is 12.6 Å². The van der Waals surface area contributed by atoms with Crippen LogP contribution in [0.1, 0.15) is 46.6 Å². The minimum Gasteiger partial charge on any atom is -0.468 e.